The van der Waals surface area contributed by atoms with Crippen LogP contribution in [0.1, 0.15) is 40.0 Å². The van der Waals surface area contributed by atoms with Gasteiger partial charge in [0.25, 0.3) is 0 Å². The molecule has 0 aromatic heterocycles. The van der Waals surface area contributed by atoms with Crippen LogP contribution in [0.3, 0.4) is 0 Å². The summed E-state index contributed by atoms with van der Waals surface area (Å²) in [6.07, 6.45) is 2.15. The van der Waals surface area contributed by atoms with Gasteiger partial charge in [0.2, 0.25) is 0 Å². The van der Waals surface area contributed by atoms with Gasteiger partial charge in [-0.15, -0.1) is 0 Å². The zero-order chi connectivity index (χ0) is 14.0. The van der Waals surface area contributed by atoms with Gasteiger partial charge < -0.3 is 9.64 Å². The smallest absolute Gasteiger partial charge is 0.409 e. The lowest BCUT2D eigenvalue weighted by atomic mass is 10.3. The highest BCUT2D eigenvalue weighted by atomic mass is 32.2. The molecule has 6 heteroatoms. The van der Waals surface area contributed by atoms with E-state index in [2.05, 4.69) is 0 Å². The number of nitrogens with zero attached hydrogens (tertiary/aromatic N) is 1. The minimum absolute atomic E-state index is 0.0518. The van der Waals surface area contributed by atoms with Gasteiger partial charge in [-0.05, 0) is 20.3 Å². The summed E-state index contributed by atoms with van der Waals surface area (Å²) in [7, 11) is -3.08. The Morgan fingerprint density at radius 2 is 1.67 bits per heavy atom. The van der Waals surface area contributed by atoms with E-state index in [1.165, 1.54) is 4.90 Å². The van der Waals surface area contributed by atoms with Gasteiger partial charge in [0.1, 0.15) is 6.61 Å². The van der Waals surface area contributed by atoms with Crippen LogP contribution in [0.4, 0.5) is 4.79 Å². The molecule has 0 aliphatic carbocycles. The van der Waals surface area contributed by atoms with E-state index in [4.69, 9.17) is 4.74 Å². The number of unbranched alkanes of at least 4 members (excludes halogenated alkanes) is 2. The van der Waals surface area contributed by atoms with E-state index in [0.29, 0.717) is 19.5 Å². The topological polar surface area (TPSA) is 63.7 Å². The Kier molecular flexibility index (Phi) is 8.79. The number of amides is 1. The molecular weight excluding hydrogens is 254 g/mol. The summed E-state index contributed by atoms with van der Waals surface area (Å²) in [4.78, 5) is 13.0. The molecular formula is C12H25NO4S. The number of rotatable bonds is 9. The molecule has 0 aromatic rings. The molecule has 0 bridgehead atoms. The standard InChI is InChI=1S/C12H25NO4S/c1-4-7-8-10-18(15,16)11-9-17-12(14)13(5-2)6-3/h4-11H2,1-3H3. The molecule has 0 aromatic carbocycles. The van der Waals surface area contributed by atoms with Crippen molar-refractivity contribution in [2.45, 2.75) is 40.0 Å². The van der Waals surface area contributed by atoms with Gasteiger partial charge >= 0.3 is 6.09 Å². The number of ether oxygens (including phenoxy) is 1. The normalized spacial score (nSPS) is 11.3. The molecule has 1 amide bonds. The van der Waals surface area contributed by atoms with Crippen LogP contribution in [0.5, 0.6) is 0 Å². The van der Waals surface area contributed by atoms with Crippen molar-refractivity contribution in [1.29, 1.82) is 0 Å². The van der Waals surface area contributed by atoms with E-state index in [1.54, 1.807) is 0 Å². The van der Waals surface area contributed by atoms with Crippen LogP contribution in [0.15, 0.2) is 0 Å². The van der Waals surface area contributed by atoms with Crippen molar-refractivity contribution in [3.63, 3.8) is 0 Å². The summed E-state index contributed by atoms with van der Waals surface area (Å²) in [5.41, 5.74) is 0. The Hall–Kier alpha value is -0.780. The van der Waals surface area contributed by atoms with Crippen molar-refractivity contribution < 1.29 is 17.9 Å². The maximum Gasteiger partial charge on any atom is 0.409 e. The summed E-state index contributed by atoms with van der Waals surface area (Å²) in [5.74, 6) is 0.105. The van der Waals surface area contributed by atoms with Crippen molar-refractivity contribution in [2.24, 2.45) is 0 Å². The fourth-order valence-electron chi connectivity index (χ4n) is 1.50. The number of hydrogen-bond donors (Lipinski definition) is 0. The molecule has 0 aliphatic heterocycles. The van der Waals surface area contributed by atoms with Gasteiger partial charge in [-0.25, -0.2) is 13.2 Å². The molecule has 108 valence electrons. The number of carbonyl (C=O) groups is 1. The highest BCUT2D eigenvalue weighted by Crippen LogP contribution is 2.01. The highest BCUT2D eigenvalue weighted by molar-refractivity contribution is 7.91. The first-order valence-corrected chi connectivity index (χ1v) is 8.41. The lowest BCUT2D eigenvalue weighted by Gasteiger charge is -2.17. The van der Waals surface area contributed by atoms with Crippen molar-refractivity contribution in [2.75, 3.05) is 31.2 Å². The van der Waals surface area contributed by atoms with E-state index in [1.807, 2.05) is 20.8 Å². The van der Waals surface area contributed by atoms with Crippen LogP contribution in [0.25, 0.3) is 0 Å². The summed E-state index contributed by atoms with van der Waals surface area (Å²) in [5, 5.41) is 0. The van der Waals surface area contributed by atoms with Crippen molar-refractivity contribution >= 4 is 15.9 Å². The maximum absolute atomic E-state index is 11.6. The van der Waals surface area contributed by atoms with Crippen molar-refractivity contribution in [1.82, 2.24) is 4.90 Å². The third-order valence-corrected chi connectivity index (χ3v) is 4.40. The minimum Gasteiger partial charge on any atom is -0.448 e. The summed E-state index contributed by atoms with van der Waals surface area (Å²) in [6.45, 7) is 6.82. The molecule has 0 aliphatic rings. The zero-order valence-electron chi connectivity index (χ0n) is 11.6. The average Bonchev–Trinajstić information content (AvgIpc) is 2.30. The third-order valence-electron chi connectivity index (χ3n) is 2.70. The lowest BCUT2D eigenvalue weighted by molar-refractivity contribution is 0.112. The second-order valence-corrected chi connectivity index (χ2v) is 6.45. The first kappa shape index (κ1) is 17.2. The second-order valence-electron chi connectivity index (χ2n) is 4.15. The molecule has 5 nitrogen and oxygen atoms in total. The fraction of sp³-hybridized carbons (Fsp3) is 0.917. The SMILES string of the molecule is CCCCCS(=O)(=O)CCOC(=O)N(CC)CC. The van der Waals surface area contributed by atoms with E-state index in [9.17, 15) is 13.2 Å². The zero-order valence-corrected chi connectivity index (χ0v) is 12.5. The predicted octanol–water partition coefficient (Wildman–Crippen LogP) is 2.07. The van der Waals surface area contributed by atoms with E-state index in [-0.39, 0.29) is 18.1 Å². The molecule has 0 radical (unpaired) electrons. The van der Waals surface area contributed by atoms with Crippen LogP contribution in [-0.4, -0.2) is 50.6 Å². The van der Waals surface area contributed by atoms with Crippen molar-refractivity contribution in [3.05, 3.63) is 0 Å². The predicted molar refractivity (Wildman–Crippen MR) is 72.4 cm³/mol. The number of hydrogen-bond acceptors (Lipinski definition) is 4. The molecule has 18 heavy (non-hydrogen) atoms. The molecule has 0 heterocycles. The lowest BCUT2D eigenvalue weighted by Crippen LogP contribution is -2.32. The quantitative estimate of drug-likeness (QED) is 0.606. The Bertz CT molecular complexity index is 323. The van der Waals surface area contributed by atoms with E-state index in [0.717, 1.165) is 12.8 Å². The van der Waals surface area contributed by atoms with Crippen molar-refractivity contribution in [3.8, 4) is 0 Å². The number of sulfone groups is 1. The summed E-state index contributed by atoms with van der Waals surface area (Å²) >= 11 is 0. The van der Waals surface area contributed by atoms with E-state index < -0.39 is 15.9 Å². The molecule has 0 spiro atoms. The van der Waals surface area contributed by atoms with Crippen LogP contribution in [0, 0.1) is 0 Å². The highest BCUT2D eigenvalue weighted by Gasteiger charge is 2.14. The second kappa shape index (κ2) is 9.19. The first-order valence-electron chi connectivity index (χ1n) is 6.58. The van der Waals surface area contributed by atoms with Crippen LogP contribution in [0.2, 0.25) is 0 Å². The average molecular weight is 279 g/mol. The Balaban J connectivity index is 3.92. The van der Waals surface area contributed by atoms with Gasteiger partial charge in [-0.3, -0.25) is 0 Å². The van der Waals surface area contributed by atoms with Gasteiger partial charge in [0, 0.05) is 13.1 Å². The van der Waals surface area contributed by atoms with Crippen LogP contribution >= 0.6 is 0 Å². The van der Waals surface area contributed by atoms with Gasteiger partial charge in [-0.2, -0.15) is 0 Å². The third kappa shape index (κ3) is 7.53. The maximum atomic E-state index is 11.6. The first-order chi connectivity index (χ1) is 8.46. The summed E-state index contributed by atoms with van der Waals surface area (Å²) in [6, 6.07) is 0. The van der Waals surface area contributed by atoms with E-state index >= 15 is 0 Å². The molecule has 0 saturated carbocycles. The molecule has 0 rings (SSSR count). The van der Waals surface area contributed by atoms with Gasteiger partial charge in [-0.1, -0.05) is 19.8 Å². The van der Waals surface area contributed by atoms with Crippen LogP contribution in [-0.2, 0) is 14.6 Å². The minimum atomic E-state index is -3.08. The Morgan fingerprint density at radius 3 is 2.17 bits per heavy atom. The summed E-state index contributed by atoms with van der Waals surface area (Å²) < 4.78 is 28.1. The monoisotopic (exact) mass is 279 g/mol. The van der Waals surface area contributed by atoms with Gasteiger partial charge in [0.05, 0.1) is 11.5 Å². The number of carbonyl (C=O) groups excluding carboxylic acids is 1. The van der Waals surface area contributed by atoms with Gasteiger partial charge in [0.15, 0.2) is 9.84 Å². The van der Waals surface area contributed by atoms with Crippen LogP contribution < -0.4 is 0 Å². The Morgan fingerprint density at radius 1 is 1.06 bits per heavy atom. The largest absolute Gasteiger partial charge is 0.448 e. The Labute approximate surface area is 110 Å². The molecule has 0 unspecified atom stereocenters. The molecule has 0 atom stereocenters. The molecule has 0 fully saturated rings. The fourth-order valence-corrected chi connectivity index (χ4v) is 2.69. The molecule has 0 N–H and O–H groups in total. The molecule has 0 saturated heterocycles.